The number of nitrogens with zero attached hydrogens (tertiary/aromatic N) is 3. The zero-order valence-corrected chi connectivity index (χ0v) is 23.3. The second kappa shape index (κ2) is 9.70. The van der Waals surface area contributed by atoms with Crippen LogP contribution in [0.5, 0.6) is 11.5 Å². The molecule has 4 aromatic rings. The third-order valence-corrected chi connectivity index (χ3v) is 8.64. The lowest BCUT2D eigenvalue weighted by Gasteiger charge is -2.31. The molecule has 0 saturated heterocycles. The highest BCUT2D eigenvalue weighted by Crippen LogP contribution is 2.48. The number of carbonyl (C=O) groups excluding carboxylic acids is 2. The Bertz CT molecular complexity index is 1720. The third kappa shape index (κ3) is 4.45. The molecule has 2 atom stereocenters. The van der Waals surface area contributed by atoms with Gasteiger partial charge in [0, 0.05) is 22.7 Å². The highest BCUT2D eigenvalue weighted by Gasteiger charge is 2.57. The van der Waals surface area contributed by atoms with E-state index in [-0.39, 0.29) is 41.0 Å². The Hall–Kier alpha value is -4.17. The van der Waals surface area contributed by atoms with Crippen molar-refractivity contribution >= 4 is 34.1 Å². The minimum Gasteiger partial charge on any atom is -0.494 e. The summed E-state index contributed by atoms with van der Waals surface area (Å²) in [5.74, 6) is -1.28. The number of amides is 2. The van der Waals surface area contributed by atoms with Gasteiger partial charge in [-0.1, -0.05) is 6.07 Å². The maximum absolute atomic E-state index is 14.6. The average Bonchev–Trinajstić information content (AvgIpc) is 3.32. The second-order valence-electron chi connectivity index (χ2n) is 10.7. The summed E-state index contributed by atoms with van der Waals surface area (Å²) < 4.78 is 56.8. The number of thiophene rings is 1. The number of nitrogens with two attached hydrogens (primary N) is 1. The van der Waals surface area contributed by atoms with Crippen LogP contribution in [0, 0.1) is 0 Å². The van der Waals surface area contributed by atoms with Crippen molar-refractivity contribution < 1.29 is 37.3 Å². The number of rotatable bonds is 8. The molecule has 42 heavy (non-hydrogen) atoms. The molecule has 220 valence electrons. The first kappa shape index (κ1) is 28.0. The lowest BCUT2D eigenvalue weighted by molar-refractivity contribution is -0.265. The molecule has 2 amide bonds. The lowest BCUT2D eigenvalue weighted by atomic mass is 9.82. The number of pyridine rings is 1. The Kier molecular flexibility index (Phi) is 6.46. The van der Waals surface area contributed by atoms with Crippen molar-refractivity contribution in [3.63, 3.8) is 0 Å². The number of methoxy groups -OCH3 is 1. The van der Waals surface area contributed by atoms with Crippen LogP contribution < -0.4 is 20.5 Å². The predicted octanol–water partition coefficient (Wildman–Crippen LogP) is 3.82. The van der Waals surface area contributed by atoms with E-state index in [0.29, 0.717) is 15.8 Å². The first-order valence-corrected chi connectivity index (χ1v) is 13.9. The first-order valence-electron chi connectivity index (χ1n) is 13.0. The molecular formula is C28H26F3N5O5S. The maximum Gasteiger partial charge on any atom is 0.424 e. The summed E-state index contributed by atoms with van der Waals surface area (Å²) >= 11 is 1.19. The summed E-state index contributed by atoms with van der Waals surface area (Å²) in [6.07, 6.45) is -1.55. The molecule has 2 aliphatic rings. The maximum atomic E-state index is 14.6. The summed E-state index contributed by atoms with van der Waals surface area (Å²) in [4.78, 5) is 30.2. The molecule has 0 radical (unpaired) electrons. The summed E-state index contributed by atoms with van der Waals surface area (Å²) in [5.41, 5.74) is 0.351. The number of benzene rings is 1. The van der Waals surface area contributed by atoms with Crippen molar-refractivity contribution in [3.8, 4) is 22.1 Å². The molecule has 0 bridgehead atoms. The van der Waals surface area contributed by atoms with Gasteiger partial charge in [0.1, 0.15) is 29.0 Å². The highest BCUT2D eigenvalue weighted by atomic mass is 32.1. The van der Waals surface area contributed by atoms with Crippen LogP contribution in [-0.4, -0.2) is 58.1 Å². The van der Waals surface area contributed by atoms with E-state index < -0.39 is 41.2 Å². The van der Waals surface area contributed by atoms with E-state index in [9.17, 15) is 27.9 Å². The Morgan fingerprint density at radius 3 is 2.69 bits per heavy atom. The molecular weight excluding hydrogens is 575 g/mol. The van der Waals surface area contributed by atoms with Gasteiger partial charge in [-0.3, -0.25) is 14.3 Å². The Morgan fingerprint density at radius 2 is 2.07 bits per heavy atom. The number of hydrogen-bond acceptors (Lipinski definition) is 8. The van der Waals surface area contributed by atoms with E-state index in [4.69, 9.17) is 15.2 Å². The molecule has 6 rings (SSSR count). The monoisotopic (exact) mass is 601 g/mol. The summed E-state index contributed by atoms with van der Waals surface area (Å²) in [7, 11) is 1.41. The first-order chi connectivity index (χ1) is 19.9. The van der Waals surface area contributed by atoms with Gasteiger partial charge in [0.15, 0.2) is 5.75 Å². The van der Waals surface area contributed by atoms with Crippen LogP contribution >= 0.6 is 11.3 Å². The van der Waals surface area contributed by atoms with Gasteiger partial charge < -0.3 is 25.6 Å². The van der Waals surface area contributed by atoms with Crippen LogP contribution in [0.15, 0.2) is 41.9 Å². The van der Waals surface area contributed by atoms with Gasteiger partial charge in [0.05, 0.1) is 30.3 Å². The van der Waals surface area contributed by atoms with Gasteiger partial charge in [0.25, 0.3) is 5.91 Å². The molecule has 1 aliphatic heterocycles. The van der Waals surface area contributed by atoms with Gasteiger partial charge >= 0.3 is 6.18 Å². The van der Waals surface area contributed by atoms with Crippen molar-refractivity contribution in [2.24, 2.45) is 5.73 Å². The fourth-order valence-electron chi connectivity index (χ4n) is 4.96. The van der Waals surface area contributed by atoms with Crippen LogP contribution in [0.4, 0.5) is 13.2 Å². The predicted molar refractivity (Wildman–Crippen MR) is 146 cm³/mol. The Morgan fingerprint density at radius 1 is 1.31 bits per heavy atom. The van der Waals surface area contributed by atoms with Crippen LogP contribution in [0.1, 0.15) is 47.4 Å². The zero-order chi connectivity index (χ0) is 30.0. The number of aliphatic hydroxyl groups is 1. The molecule has 1 fully saturated rings. The molecule has 0 spiro atoms. The van der Waals surface area contributed by atoms with Crippen LogP contribution in [0.25, 0.3) is 21.5 Å². The van der Waals surface area contributed by atoms with Crippen LogP contribution in [-0.2, 0) is 15.8 Å². The van der Waals surface area contributed by atoms with Gasteiger partial charge in [-0.2, -0.15) is 18.3 Å². The van der Waals surface area contributed by atoms with Crippen LogP contribution in [0.2, 0.25) is 0 Å². The molecule has 4 heterocycles. The molecule has 14 heteroatoms. The molecule has 4 N–H and O–H groups in total. The number of primary amides is 1. The van der Waals surface area contributed by atoms with Crippen LogP contribution in [0.3, 0.4) is 0 Å². The van der Waals surface area contributed by atoms with Crippen molar-refractivity contribution in [2.75, 3.05) is 20.3 Å². The smallest absolute Gasteiger partial charge is 0.424 e. The van der Waals surface area contributed by atoms with Gasteiger partial charge in [-0.25, -0.2) is 4.98 Å². The van der Waals surface area contributed by atoms with Crippen molar-refractivity contribution in [1.82, 2.24) is 20.1 Å². The quantitative estimate of drug-likeness (QED) is 0.279. The molecule has 1 aromatic carbocycles. The minimum atomic E-state index is -5.27. The number of nitrogens with one attached hydrogen (secondary N) is 1. The third-order valence-electron chi connectivity index (χ3n) is 7.76. The van der Waals surface area contributed by atoms with Crippen molar-refractivity contribution in [3.05, 3.63) is 58.7 Å². The fraction of sp³-hybridized carbons (Fsp3) is 0.357. The van der Waals surface area contributed by atoms with E-state index in [1.807, 2.05) is 0 Å². The van der Waals surface area contributed by atoms with Crippen molar-refractivity contribution in [2.45, 2.75) is 43.0 Å². The van der Waals surface area contributed by atoms with E-state index in [2.05, 4.69) is 15.4 Å². The van der Waals surface area contributed by atoms with Gasteiger partial charge in [0.2, 0.25) is 11.5 Å². The molecule has 1 saturated carbocycles. The number of carbonyl (C=O) groups is 2. The lowest BCUT2D eigenvalue weighted by Crippen LogP contribution is -2.51. The summed E-state index contributed by atoms with van der Waals surface area (Å²) in [5, 5.41) is 20.2. The topological polar surface area (TPSA) is 142 Å². The normalized spacial score (nSPS) is 19.7. The van der Waals surface area contributed by atoms with Gasteiger partial charge in [-0.05, 0) is 49.4 Å². The minimum absolute atomic E-state index is 0.0233. The number of fused-ring (bicyclic) bond motifs is 2. The molecule has 3 aromatic heterocycles. The molecule has 10 nitrogen and oxygen atoms in total. The Labute approximate surface area is 241 Å². The SMILES string of the molecule is COc1cc(C(=O)NCC(O)(c2cc3c(c(-c4cccs4)n2)OC[C@]3(C)C(N)=O)C(F)(F)F)cc2cn(C3CC3)nc12. The number of alkyl halides is 3. The summed E-state index contributed by atoms with van der Waals surface area (Å²) in [6.45, 7) is -0.0166. The highest BCUT2D eigenvalue weighted by molar-refractivity contribution is 7.13. The van der Waals surface area contributed by atoms with E-state index in [0.717, 1.165) is 18.9 Å². The fourth-order valence-corrected chi connectivity index (χ4v) is 5.67. The zero-order valence-electron chi connectivity index (χ0n) is 22.5. The number of halogens is 3. The van der Waals surface area contributed by atoms with Gasteiger partial charge in [-0.15, -0.1) is 11.3 Å². The van der Waals surface area contributed by atoms with E-state index in [1.165, 1.54) is 37.5 Å². The van der Waals surface area contributed by atoms with Crippen molar-refractivity contribution in [1.29, 1.82) is 0 Å². The largest absolute Gasteiger partial charge is 0.494 e. The Balaban J connectivity index is 1.38. The average molecular weight is 602 g/mol. The standard InChI is InChI=1S/C28H26F3N5O5S/c1-26(25(32)38)13-41-23-17(26)10-20(34-22(23)19-4-3-7-42-19)27(39,28(29,30)31)12-33-24(37)14-8-15-11-36(16-5-6-16)35-21(15)18(9-14)40-2/h3-4,7-11,16,39H,5-6,12-13H2,1-2H3,(H2,32,38)(H,33,37)/t26-,27?/m0/s1. The summed E-state index contributed by atoms with van der Waals surface area (Å²) in [6, 6.07) is 7.44. The molecule has 1 unspecified atom stereocenters. The molecule has 1 aliphatic carbocycles. The number of hydrogen-bond donors (Lipinski definition) is 3. The number of aromatic nitrogens is 3. The number of ether oxygens (including phenoxy) is 2. The van der Waals surface area contributed by atoms with E-state index >= 15 is 0 Å². The van der Waals surface area contributed by atoms with E-state index in [1.54, 1.807) is 28.4 Å². The second-order valence-corrected chi connectivity index (χ2v) is 11.6.